The number of rotatable bonds is 9. The van der Waals surface area contributed by atoms with Crippen LogP contribution in [0.25, 0.3) is 0 Å². The smallest absolute Gasteiger partial charge is 0.329 e. The molecular formula is C24H38N2O4. The van der Waals surface area contributed by atoms with E-state index in [9.17, 15) is 14.7 Å². The lowest BCUT2D eigenvalue weighted by Crippen LogP contribution is -2.51. The highest BCUT2D eigenvalue weighted by Gasteiger charge is 2.28. The number of nitrogens with zero attached hydrogens (tertiary/aromatic N) is 1. The summed E-state index contributed by atoms with van der Waals surface area (Å²) in [4.78, 5) is 27.4. The number of carbonyl (C=O) groups excluding carboxylic acids is 2. The lowest BCUT2D eigenvalue weighted by molar-refractivity contribution is -0.157. The number of carbonyl (C=O) groups is 2. The minimum atomic E-state index is -0.782. The summed E-state index contributed by atoms with van der Waals surface area (Å²) < 4.78 is 5.55. The molecule has 1 saturated carbocycles. The molecule has 1 fully saturated rings. The fraction of sp³-hybridized carbons (Fsp3) is 0.667. The summed E-state index contributed by atoms with van der Waals surface area (Å²) in [5, 5.41) is 12.3. The number of hydrogen-bond donors (Lipinski definition) is 2. The fourth-order valence-electron chi connectivity index (χ4n) is 3.91. The van der Waals surface area contributed by atoms with Crippen molar-refractivity contribution in [1.29, 1.82) is 0 Å². The van der Waals surface area contributed by atoms with Crippen LogP contribution >= 0.6 is 0 Å². The van der Waals surface area contributed by atoms with Crippen LogP contribution in [0.2, 0.25) is 0 Å². The van der Waals surface area contributed by atoms with E-state index in [0.717, 1.165) is 12.0 Å². The zero-order chi connectivity index (χ0) is 22.0. The van der Waals surface area contributed by atoms with E-state index in [0.29, 0.717) is 18.9 Å². The Morgan fingerprint density at radius 1 is 1.13 bits per heavy atom. The highest BCUT2D eigenvalue weighted by Crippen LogP contribution is 2.26. The molecule has 0 heterocycles. The van der Waals surface area contributed by atoms with Crippen LogP contribution in [0.4, 0.5) is 4.79 Å². The average molecular weight is 419 g/mol. The van der Waals surface area contributed by atoms with Crippen LogP contribution in [0.5, 0.6) is 0 Å². The Morgan fingerprint density at radius 2 is 1.80 bits per heavy atom. The van der Waals surface area contributed by atoms with E-state index in [2.05, 4.69) is 5.32 Å². The van der Waals surface area contributed by atoms with Gasteiger partial charge in [0.15, 0.2) is 0 Å². The van der Waals surface area contributed by atoms with E-state index >= 15 is 0 Å². The molecule has 1 aromatic rings. The molecule has 1 unspecified atom stereocenters. The van der Waals surface area contributed by atoms with Gasteiger partial charge in [-0.2, -0.15) is 0 Å². The predicted molar refractivity (Wildman–Crippen MR) is 118 cm³/mol. The predicted octanol–water partition coefficient (Wildman–Crippen LogP) is 3.91. The van der Waals surface area contributed by atoms with Gasteiger partial charge in [-0.15, -0.1) is 0 Å². The van der Waals surface area contributed by atoms with Crippen LogP contribution in [0.15, 0.2) is 30.3 Å². The third-order valence-electron chi connectivity index (χ3n) is 5.46. The van der Waals surface area contributed by atoms with Gasteiger partial charge >= 0.3 is 12.0 Å². The van der Waals surface area contributed by atoms with Gasteiger partial charge < -0.3 is 20.1 Å². The number of hydrogen-bond acceptors (Lipinski definition) is 4. The number of nitrogens with one attached hydrogen (secondary N) is 1. The van der Waals surface area contributed by atoms with Gasteiger partial charge in [-0.3, -0.25) is 0 Å². The quantitative estimate of drug-likeness (QED) is 0.596. The maximum absolute atomic E-state index is 13.0. The van der Waals surface area contributed by atoms with Crippen molar-refractivity contribution in [3.8, 4) is 0 Å². The maximum Gasteiger partial charge on any atom is 0.329 e. The van der Waals surface area contributed by atoms with Crippen LogP contribution < -0.4 is 5.32 Å². The normalized spacial score (nSPS) is 16.0. The standard InChI is InChI=1S/C24H38N2O4/c1-24(2,3)30-22(28)21(18-20-12-8-5-9-13-20)25-23(29)26(16-17-27)15-14-19-10-6-4-7-11-19/h5,8-9,12-13,19,21,27H,4,6-7,10-11,14-18H2,1-3H3,(H,25,29). The number of esters is 1. The number of aliphatic hydroxyl groups excluding tert-OH is 1. The van der Waals surface area contributed by atoms with Crippen molar-refractivity contribution >= 4 is 12.0 Å². The minimum absolute atomic E-state index is 0.103. The fourth-order valence-corrected chi connectivity index (χ4v) is 3.91. The first kappa shape index (κ1) is 24.2. The van der Waals surface area contributed by atoms with Crippen molar-refractivity contribution in [3.63, 3.8) is 0 Å². The monoisotopic (exact) mass is 418 g/mol. The van der Waals surface area contributed by atoms with Gasteiger partial charge in [0.2, 0.25) is 0 Å². The van der Waals surface area contributed by atoms with E-state index in [1.165, 1.54) is 32.1 Å². The van der Waals surface area contributed by atoms with Gasteiger partial charge in [-0.05, 0) is 38.7 Å². The van der Waals surface area contributed by atoms with Crippen molar-refractivity contribution in [2.75, 3.05) is 19.7 Å². The molecule has 1 aliphatic rings. The third kappa shape index (κ3) is 8.74. The maximum atomic E-state index is 13.0. The molecule has 1 atom stereocenters. The highest BCUT2D eigenvalue weighted by molar-refractivity contribution is 5.84. The molecule has 2 N–H and O–H groups in total. The Morgan fingerprint density at radius 3 is 2.40 bits per heavy atom. The molecule has 0 saturated heterocycles. The lowest BCUT2D eigenvalue weighted by atomic mass is 9.87. The van der Waals surface area contributed by atoms with E-state index in [1.54, 1.807) is 4.90 Å². The average Bonchev–Trinajstić information content (AvgIpc) is 2.70. The van der Waals surface area contributed by atoms with Crippen molar-refractivity contribution < 1.29 is 19.4 Å². The van der Waals surface area contributed by atoms with Crippen molar-refractivity contribution in [2.24, 2.45) is 5.92 Å². The second kappa shape index (κ2) is 11.9. The van der Waals surface area contributed by atoms with Gasteiger partial charge in [-0.1, -0.05) is 62.4 Å². The van der Waals surface area contributed by atoms with Crippen LogP contribution in [0, 0.1) is 5.92 Å². The Kier molecular flexibility index (Phi) is 9.63. The first-order valence-corrected chi connectivity index (χ1v) is 11.2. The van der Waals surface area contributed by atoms with Crippen LogP contribution in [0.1, 0.15) is 64.9 Å². The molecule has 0 aromatic heterocycles. The molecule has 30 heavy (non-hydrogen) atoms. The first-order chi connectivity index (χ1) is 14.3. The van der Waals surface area contributed by atoms with Crippen molar-refractivity contribution in [3.05, 3.63) is 35.9 Å². The van der Waals surface area contributed by atoms with Gasteiger partial charge in [-0.25, -0.2) is 9.59 Å². The Hall–Kier alpha value is -2.08. The topological polar surface area (TPSA) is 78.9 Å². The van der Waals surface area contributed by atoms with Crippen molar-refractivity contribution in [2.45, 2.75) is 77.4 Å². The molecule has 1 aliphatic carbocycles. The van der Waals surface area contributed by atoms with Crippen molar-refractivity contribution in [1.82, 2.24) is 10.2 Å². The molecular weight excluding hydrogens is 380 g/mol. The third-order valence-corrected chi connectivity index (χ3v) is 5.46. The summed E-state index contributed by atoms with van der Waals surface area (Å²) in [6.07, 6.45) is 7.53. The summed E-state index contributed by atoms with van der Waals surface area (Å²) in [5.74, 6) is 0.189. The molecule has 6 nitrogen and oxygen atoms in total. The summed E-state index contributed by atoms with van der Waals surface area (Å²) in [7, 11) is 0. The molecule has 0 aliphatic heterocycles. The molecule has 6 heteroatoms. The second-order valence-corrected chi connectivity index (χ2v) is 9.23. The highest BCUT2D eigenvalue weighted by atomic mass is 16.6. The molecule has 0 spiro atoms. The second-order valence-electron chi connectivity index (χ2n) is 9.23. The summed E-state index contributed by atoms with van der Waals surface area (Å²) in [5.41, 5.74) is 0.312. The molecule has 2 rings (SSSR count). The van der Waals surface area contributed by atoms with Gasteiger partial charge in [0.25, 0.3) is 0 Å². The van der Waals surface area contributed by atoms with Crippen LogP contribution in [0.3, 0.4) is 0 Å². The van der Waals surface area contributed by atoms with E-state index < -0.39 is 17.6 Å². The molecule has 1 aromatic carbocycles. The number of aliphatic hydroxyl groups is 1. The van der Waals surface area contributed by atoms with Gasteiger partial charge in [0.1, 0.15) is 11.6 Å². The molecule has 0 radical (unpaired) electrons. The molecule has 168 valence electrons. The van der Waals surface area contributed by atoms with E-state index in [-0.39, 0.29) is 19.2 Å². The number of ether oxygens (including phenoxy) is 1. The largest absolute Gasteiger partial charge is 0.458 e. The zero-order valence-corrected chi connectivity index (χ0v) is 18.7. The van der Waals surface area contributed by atoms with Crippen LogP contribution in [-0.4, -0.2) is 53.3 Å². The Balaban J connectivity index is 2.03. The lowest BCUT2D eigenvalue weighted by Gasteiger charge is -2.29. The summed E-state index contributed by atoms with van der Waals surface area (Å²) in [6.45, 7) is 6.18. The minimum Gasteiger partial charge on any atom is -0.458 e. The molecule has 0 bridgehead atoms. The van der Waals surface area contributed by atoms with Crippen LogP contribution in [-0.2, 0) is 16.0 Å². The van der Waals surface area contributed by atoms with E-state index in [4.69, 9.17) is 4.74 Å². The Bertz CT molecular complexity index is 651. The number of urea groups is 1. The van der Waals surface area contributed by atoms with Gasteiger partial charge in [0.05, 0.1) is 6.61 Å². The summed E-state index contributed by atoms with van der Waals surface area (Å²) >= 11 is 0. The van der Waals surface area contributed by atoms with Gasteiger partial charge in [0, 0.05) is 19.5 Å². The SMILES string of the molecule is CC(C)(C)OC(=O)C(Cc1ccccc1)NC(=O)N(CCO)CCC1CCCCC1. The first-order valence-electron chi connectivity index (χ1n) is 11.2. The summed E-state index contributed by atoms with van der Waals surface area (Å²) in [6, 6.07) is 8.48. The zero-order valence-electron chi connectivity index (χ0n) is 18.7. The Labute approximate surface area is 181 Å². The number of benzene rings is 1. The number of amides is 2. The van der Waals surface area contributed by atoms with E-state index in [1.807, 2.05) is 51.1 Å². The molecule has 2 amide bonds.